The number of anilines is 2. The van der Waals surface area contributed by atoms with E-state index in [2.05, 4.69) is 4.98 Å². The zero-order chi connectivity index (χ0) is 23.8. The molecule has 0 bridgehead atoms. The number of hydrogen-bond acceptors (Lipinski definition) is 7. The van der Waals surface area contributed by atoms with E-state index in [9.17, 15) is 27.5 Å². The number of nitrogens with zero attached hydrogens (tertiary/aromatic N) is 4. The molecule has 1 N–H and O–H groups in total. The average Bonchev–Trinajstić information content (AvgIpc) is 2.79. The van der Waals surface area contributed by atoms with Gasteiger partial charge >= 0.3 is 6.18 Å². The van der Waals surface area contributed by atoms with E-state index in [0.29, 0.717) is 26.3 Å². The number of aliphatic hydroxyl groups is 1. The summed E-state index contributed by atoms with van der Waals surface area (Å²) in [6, 6.07) is 2.75. The van der Waals surface area contributed by atoms with Gasteiger partial charge in [-0.05, 0) is 18.6 Å². The summed E-state index contributed by atoms with van der Waals surface area (Å²) in [6.45, 7) is 1.06. The maximum Gasteiger partial charge on any atom is 0.408 e. The summed E-state index contributed by atoms with van der Waals surface area (Å²) in [7, 11) is 1.27. The van der Waals surface area contributed by atoms with Crippen LogP contribution in [0.2, 0.25) is 0 Å². The molecule has 0 saturated carbocycles. The van der Waals surface area contributed by atoms with E-state index in [1.54, 1.807) is 4.90 Å². The largest absolute Gasteiger partial charge is 0.496 e. The SMILES string of the molecule is COc1cc(F)ccc1C(O)CN1c2nc(N3CCOCC3)cc(=O)n2CCC1C(F)(F)F. The zero-order valence-corrected chi connectivity index (χ0v) is 17.9. The number of aliphatic hydroxyl groups excluding tert-OH is 1. The molecule has 0 amide bonds. The van der Waals surface area contributed by atoms with Gasteiger partial charge in [0.1, 0.15) is 29.5 Å². The normalized spacial score (nSPS) is 19.9. The van der Waals surface area contributed by atoms with E-state index in [4.69, 9.17) is 9.47 Å². The minimum atomic E-state index is -4.62. The van der Waals surface area contributed by atoms with Crippen LogP contribution in [0.5, 0.6) is 5.75 Å². The van der Waals surface area contributed by atoms with Crippen molar-refractivity contribution in [2.24, 2.45) is 0 Å². The Balaban J connectivity index is 1.74. The quantitative estimate of drug-likeness (QED) is 0.668. The van der Waals surface area contributed by atoms with Gasteiger partial charge in [0.15, 0.2) is 0 Å². The molecule has 1 fully saturated rings. The first-order chi connectivity index (χ1) is 15.7. The number of rotatable bonds is 5. The highest BCUT2D eigenvalue weighted by Crippen LogP contribution is 2.36. The fourth-order valence-corrected chi connectivity index (χ4v) is 4.21. The van der Waals surface area contributed by atoms with Gasteiger partial charge in [-0.25, -0.2) is 4.39 Å². The van der Waals surface area contributed by atoms with Crippen LogP contribution in [0.15, 0.2) is 29.1 Å². The van der Waals surface area contributed by atoms with Crippen molar-refractivity contribution in [3.05, 3.63) is 46.0 Å². The predicted molar refractivity (Wildman–Crippen MR) is 111 cm³/mol. The maximum atomic E-state index is 14.0. The lowest BCUT2D eigenvalue weighted by atomic mass is 10.0. The van der Waals surface area contributed by atoms with Crippen LogP contribution in [0.4, 0.5) is 29.3 Å². The van der Waals surface area contributed by atoms with Crippen LogP contribution in [0, 0.1) is 5.82 Å². The van der Waals surface area contributed by atoms with Crippen LogP contribution in [0.25, 0.3) is 0 Å². The van der Waals surface area contributed by atoms with Gasteiger partial charge in [-0.3, -0.25) is 9.36 Å². The summed E-state index contributed by atoms with van der Waals surface area (Å²) in [6.07, 6.45) is -6.45. The fraction of sp³-hybridized carbons (Fsp3) is 0.524. The second-order valence-corrected chi connectivity index (χ2v) is 7.90. The minimum Gasteiger partial charge on any atom is -0.496 e. The highest BCUT2D eigenvalue weighted by Gasteiger charge is 2.47. The molecule has 180 valence electrons. The molecule has 1 aromatic heterocycles. The summed E-state index contributed by atoms with van der Waals surface area (Å²) in [4.78, 5) is 19.8. The van der Waals surface area contributed by atoms with Crippen LogP contribution in [0.1, 0.15) is 18.1 Å². The first-order valence-corrected chi connectivity index (χ1v) is 10.5. The highest BCUT2D eigenvalue weighted by molar-refractivity contribution is 5.47. The van der Waals surface area contributed by atoms with Crippen molar-refractivity contribution >= 4 is 11.8 Å². The van der Waals surface area contributed by atoms with E-state index in [0.717, 1.165) is 17.0 Å². The Hall–Kier alpha value is -2.86. The topological polar surface area (TPSA) is 80.1 Å². The number of β-amino-alcohol motifs (C(OH)–C–C–N with tert-alkyl or cyclic N) is 1. The van der Waals surface area contributed by atoms with E-state index < -0.39 is 36.2 Å². The van der Waals surface area contributed by atoms with Crippen LogP contribution < -0.4 is 20.1 Å². The van der Waals surface area contributed by atoms with Gasteiger partial charge in [0.25, 0.3) is 5.56 Å². The number of methoxy groups -OCH3 is 1. The molecule has 1 saturated heterocycles. The molecule has 0 aliphatic carbocycles. The molecule has 12 heteroatoms. The molecular formula is C21H24F4N4O4. The fourth-order valence-electron chi connectivity index (χ4n) is 4.21. The summed E-state index contributed by atoms with van der Waals surface area (Å²) in [5.74, 6) is -0.507. The Kier molecular flexibility index (Phi) is 6.48. The van der Waals surface area contributed by atoms with Crippen LogP contribution >= 0.6 is 0 Å². The van der Waals surface area contributed by atoms with E-state index in [-0.39, 0.29) is 36.0 Å². The summed E-state index contributed by atoms with van der Waals surface area (Å²) < 4.78 is 67.0. The summed E-state index contributed by atoms with van der Waals surface area (Å²) in [5, 5.41) is 10.8. The van der Waals surface area contributed by atoms with Crippen molar-refractivity contribution in [3.63, 3.8) is 0 Å². The van der Waals surface area contributed by atoms with Gasteiger partial charge in [-0.2, -0.15) is 18.2 Å². The van der Waals surface area contributed by atoms with Crippen LogP contribution in [0.3, 0.4) is 0 Å². The monoisotopic (exact) mass is 472 g/mol. The molecule has 2 unspecified atom stereocenters. The summed E-state index contributed by atoms with van der Waals surface area (Å²) in [5.41, 5.74) is -0.343. The predicted octanol–water partition coefficient (Wildman–Crippen LogP) is 2.10. The summed E-state index contributed by atoms with van der Waals surface area (Å²) >= 11 is 0. The molecule has 2 atom stereocenters. The molecule has 2 aromatic rings. The van der Waals surface area contributed by atoms with Crippen LogP contribution in [-0.2, 0) is 11.3 Å². The average molecular weight is 472 g/mol. The van der Waals surface area contributed by atoms with Gasteiger partial charge in [0.05, 0.1) is 26.9 Å². The number of hydrogen-bond donors (Lipinski definition) is 1. The van der Waals surface area contributed by atoms with Crippen molar-refractivity contribution in [2.45, 2.75) is 31.3 Å². The molecule has 8 nitrogen and oxygen atoms in total. The smallest absolute Gasteiger partial charge is 0.408 e. The van der Waals surface area contributed by atoms with Crippen LogP contribution in [-0.4, -0.2) is 66.8 Å². The van der Waals surface area contributed by atoms with E-state index >= 15 is 0 Å². The number of fused-ring (bicyclic) bond motifs is 1. The van der Waals surface area contributed by atoms with Gasteiger partial charge in [-0.15, -0.1) is 0 Å². The maximum absolute atomic E-state index is 14.0. The Labute approximate surface area is 187 Å². The Bertz CT molecular complexity index is 1060. The Morgan fingerprint density at radius 3 is 2.64 bits per heavy atom. The number of halogens is 4. The molecular weight excluding hydrogens is 448 g/mol. The van der Waals surface area contributed by atoms with Gasteiger partial charge < -0.3 is 24.4 Å². The third kappa shape index (κ3) is 4.76. The lowest BCUT2D eigenvalue weighted by Gasteiger charge is -2.40. The standard InChI is InChI=1S/C21H24F4N4O4/c1-32-16-10-13(22)2-3-14(16)15(30)12-29-17(21(23,24)25)4-5-28-19(31)11-18(26-20(28)29)27-6-8-33-9-7-27/h2-3,10-11,15,17,30H,4-9,12H2,1H3. The molecule has 0 spiro atoms. The molecule has 0 radical (unpaired) electrons. The number of morpholine rings is 1. The van der Waals surface area contributed by atoms with E-state index in [1.165, 1.54) is 23.8 Å². The third-order valence-corrected chi connectivity index (χ3v) is 5.87. The lowest BCUT2D eigenvalue weighted by Crippen LogP contribution is -2.54. The van der Waals surface area contributed by atoms with Gasteiger partial charge in [0.2, 0.25) is 5.95 Å². The molecule has 4 rings (SSSR count). The molecule has 1 aromatic carbocycles. The third-order valence-electron chi connectivity index (χ3n) is 5.87. The number of ether oxygens (including phenoxy) is 2. The minimum absolute atomic E-state index is 0.00971. The first-order valence-electron chi connectivity index (χ1n) is 10.5. The Morgan fingerprint density at radius 2 is 1.97 bits per heavy atom. The molecule has 2 aliphatic heterocycles. The van der Waals surface area contributed by atoms with Gasteiger partial charge in [-0.1, -0.05) is 0 Å². The first kappa shape index (κ1) is 23.3. The number of aromatic nitrogens is 2. The number of alkyl halides is 3. The number of benzene rings is 1. The molecule has 2 aliphatic rings. The van der Waals surface area contributed by atoms with Crippen molar-refractivity contribution in [2.75, 3.05) is 49.8 Å². The zero-order valence-electron chi connectivity index (χ0n) is 17.9. The van der Waals surface area contributed by atoms with Crippen molar-refractivity contribution in [1.29, 1.82) is 0 Å². The molecule has 3 heterocycles. The van der Waals surface area contributed by atoms with Crippen molar-refractivity contribution < 1.29 is 32.1 Å². The van der Waals surface area contributed by atoms with Gasteiger partial charge in [0, 0.05) is 37.3 Å². The molecule has 33 heavy (non-hydrogen) atoms. The highest BCUT2D eigenvalue weighted by atomic mass is 19.4. The second-order valence-electron chi connectivity index (χ2n) is 7.90. The van der Waals surface area contributed by atoms with E-state index in [1.807, 2.05) is 0 Å². The van der Waals surface area contributed by atoms with Crippen molar-refractivity contribution in [1.82, 2.24) is 9.55 Å². The van der Waals surface area contributed by atoms with Crippen molar-refractivity contribution in [3.8, 4) is 5.75 Å². The second kappa shape index (κ2) is 9.18. The Morgan fingerprint density at radius 1 is 1.24 bits per heavy atom. The lowest BCUT2D eigenvalue weighted by molar-refractivity contribution is -0.153.